The van der Waals surface area contributed by atoms with Crippen LogP contribution in [0.4, 0.5) is 0 Å². The van der Waals surface area contributed by atoms with E-state index in [2.05, 4.69) is 13.2 Å². The van der Waals surface area contributed by atoms with Crippen molar-refractivity contribution >= 4 is 9.84 Å². The molecule has 0 heterocycles. The van der Waals surface area contributed by atoms with Crippen LogP contribution < -0.4 is 0 Å². The predicted molar refractivity (Wildman–Crippen MR) is 63.8 cm³/mol. The molecule has 0 aliphatic heterocycles. The van der Waals surface area contributed by atoms with Crippen LogP contribution in [0.5, 0.6) is 0 Å². The molecule has 1 aromatic carbocycles. The van der Waals surface area contributed by atoms with Crippen LogP contribution in [0.15, 0.2) is 60.2 Å². The van der Waals surface area contributed by atoms with Crippen molar-refractivity contribution in [3.05, 3.63) is 55.3 Å². The van der Waals surface area contributed by atoms with E-state index in [1.807, 2.05) is 0 Å². The minimum atomic E-state index is -3.35. The Morgan fingerprint density at radius 3 is 2.50 bits per heavy atom. The van der Waals surface area contributed by atoms with Gasteiger partial charge >= 0.3 is 0 Å². The number of hydrogen-bond donors (Lipinski definition) is 0. The minimum absolute atomic E-state index is 0.204. The maximum absolute atomic E-state index is 11.8. The van der Waals surface area contributed by atoms with Gasteiger partial charge in [-0.3, -0.25) is 0 Å². The van der Waals surface area contributed by atoms with Gasteiger partial charge < -0.3 is 4.74 Å². The zero-order chi connectivity index (χ0) is 12.0. The molecule has 1 rings (SSSR count). The van der Waals surface area contributed by atoms with E-state index in [0.717, 1.165) is 0 Å². The molecule has 0 N–H and O–H groups in total. The Labute approximate surface area is 96.0 Å². The Bertz CT molecular complexity index is 460. The topological polar surface area (TPSA) is 43.4 Å². The quantitative estimate of drug-likeness (QED) is 0.563. The molecular weight excluding hydrogens is 224 g/mol. The van der Waals surface area contributed by atoms with E-state index < -0.39 is 9.84 Å². The van der Waals surface area contributed by atoms with Gasteiger partial charge in [-0.1, -0.05) is 37.4 Å². The van der Waals surface area contributed by atoms with E-state index >= 15 is 0 Å². The van der Waals surface area contributed by atoms with Gasteiger partial charge in [-0.05, 0) is 12.1 Å². The van der Waals surface area contributed by atoms with E-state index in [4.69, 9.17) is 4.74 Å². The summed E-state index contributed by atoms with van der Waals surface area (Å²) in [4.78, 5) is 0.276. The molecule has 86 valence electrons. The Kier molecular flexibility index (Phi) is 4.31. The molecule has 0 aliphatic carbocycles. The first-order valence-electron chi connectivity index (χ1n) is 4.75. The van der Waals surface area contributed by atoms with Gasteiger partial charge in [-0.15, -0.1) is 0 Å². The van der Waals surface area contributed by atoms with Crippen molar-refractivity contribution in [3.8, 4) is 0 Å². The Balaban J connectivity index is 2.73. The van der Waals surface area contributed by atoms with E-state index in [1.54, 1.807) is 36.4 Å². The lowest BCUT2D eigenvalue weighted by atomic mass is 10.4. The summed E-state index contributed by atoms with van der Waals surface area (Å²) in [6, 6.07) is 8.23. The molecule has 0 bridgehead atoms. The van der Waals surface area contributed by atoms with Crippen molar-refractivity contribution in [1.29, 1.82) is 0 Å². The molecule has 16 heavy (non-hydrogen) atoms. The molecule has 0 atom stereocenters. The van der Waals surface area contributed by atoms with Crippen LogP contribution in [-0.4, -0.2) is 20.8 Å². The molecule has 0 unspecified atom stereocenters. The molecule has 0 aliphatic rings. The normalized spacial score (nSPS) is 10.8. The standard InChI is InChI=1S/C12H14O3S/c1-3-9-15-11(2)10-16(13,14)12-7-5-4-6-8-12/h3-8H,1-2,9-10H2. The number of rotatable bonds is 6. The average molecular weight is 238 g/mol. The van der Waals surface area contributed by atoms with Gasteiger partial charge in [0.1, 0.15) is 18.1 Å². The number of ether oxygens (including phenoxy) is 1. The first-order valence-corrected chi connectivity index (χ1v) is 6.41. The Hall–Kier alpha value is -1.55. The van der Waals surface area contributed by atoms with E-state index in [0.29, 0.717) is 0 Å². The molecular formula is C12H14O3S. The molecule has 3 nitrogen and oxygen atoms in total. The Morgan fingerprint density at radius 2 is 1.94 bits per heavy atom. The maximum atomic E-state index is 11.8. The van der Waals surface area contributed by atoms with Gasteiger partial charge in [0.2, 0.25) is 0 Å². The number of sulfone groups is 1. The molecule has 4 heteroatoms. The fourth-order valence-corrected chi connectivity index (χ4v) is 2.39. The van der Waals surface area contributed by atoms with Gasteiger partial charge in [0.25, 0.3) is 0 Å². The second-order valence-electron chi connectivity index (χ2n) is 3.21. The Morgan fingerprint density at radius 1 is 1.31 bits per heavy atom. The summed E-state index contributed by atoms with van der Waals surface area (Å²) in [5.41, 5.74) is 0. The van der Waals surface area contributed by atoms with Crippen LogP contribution in [0.1, 0.15) is 0 Å². The van der Waals surface area contributed by atoms with Gasteiger partial charge in [-0.2, -0.15) is 0 Å². The first-order chi connectivity index (χ1) is 7.56. The highest BCUT2D eigenvalue weighted by Crippen LogP contribution is 2.13. The second kappa shape index (κ2) is 5.51. The summed E-state index contributed by atoms with van der Waals surface area (Å²) >= 11 is 0. The molecule has 0 fully saturated rings. The zero-order valence-electron chi connectivity index (χ0n) is 8.93. The highest BCUT2D eigenvalue weighted by Gasteiger charge is 2.15. The molecule has 0 spiro atoms. The van der Waals surface area contributed by atoms with Gasteiger partial charge in [0.15, 0.2) is 9.84 Å². The largest absolute Gasteiger partial charge is 0.493 e. The first kappa shape index (κ1) is 12.5. The zero-order valence-corrected chi connectivity index (χ0v) is 9.74. The van der Waals surface area contributed by atoms with Crippen molar-refractivity contribution in [2.24, 2.45) is 0 Å². The summed E-state index contributed by atoms with van der Waals surface area (Å²) < 4.78 is 28.7. The number of benzene rings is 1. The highest BCUT2D eigenvalue weighted by atomic mass is 32.2. The minimum Gasteiger partial charge on any atom is -0.493 e. The van der Waals surface area contributed by atoms with Crippen molar-refractivity contribution < 1.29 is 13.2 Å². The fraction of sp³-hybridized carbons (Fsp3) is 0.167. The molecule has 0 saturated carbocycles. The smallest absolute Gasteiger partial charge is 0.185 e. The van der Waals surface area contributed by atoms with Crippen molar-refractivity contribution in [2.75, 3.05) is 12.4 Å². The molecule has 0 radical (unpaired) electrons. The average Bonchev–Trinajstić information content (AvgIpc) is 2.27. The molecule has 0 saturated heterocycles. The van der Waals surface area contributed by atoms with Crippen molar-refractivity contribution in [3.63, 3.8) is 0 Å². The van der Waals surface area contributed by atoms with Gasteiger partial charge in [0.05, 0.1) is 4.90 Å². The van der Waals surface area contributed by atoms with E-state index in [1.165, 1.54) is 0 Å². The summed E-state index contributed by atoms with van der Waals surface area (Å²) in [6.45, 7) is 7.29. The van der Waals surface area contributed by atoms with Crippen LogP contribution in [0.25, 0.3) is 0 Å². The van der Waals surface area contributed by atoms with Crippen LogP contribution in [-0.2, 0) is 14.6 Å². The van der Waals surface area contributed by atoms with Crippen LogP contribution in [0.3, 0.4) is 0 Å². The molecule has 0 aromatic heterocycles. The second-order valence-corrected chi connectivity index (χ2v) is 5.20. The summed E-state index contributed by atoms with van der Waals surface area (Å²) in [5, 5.41) is 0. The van der Waals surface area contributed by atoms with Crippen molar-refractivity contribution in [2.45, 2.75) is 4.90 Å². The number of hydrogen-bond acceptors (Lipinski definition) is 3. The monoisotopic (exact) mass is 238 g/mol. The molecule has 1 aromatic rings. The lowest BCUT2D eigenvalue weighted by molar-refractivity contribution is 0.252. The third-order valence-electron chi connectivity index (χ3n) is 1.86. The highest BCUT2D eigenvalue weighted by molar-refractivity contribution is 7.91. The lowest BCUT2D eigenvalue weighted by Gasteiger charge is -2.07. The van der Waals surface area contributed by atoms with Crippen LogP contribution in [0.2, 0.25) is 0 Å². The van der Waals surface area contributed by atoms with Crippen LogP contribution in [0, 0.1) is 0 Å². The summed E-state index contributed by atoms with van der Waals surface area (Å²) in [5.74, 6) is 0.0222. The third kappa shape index (κ3) is 3.55. The van der Waals surface area contributed by atoms with E-state index in [-0.39, 0.29) is 23.0 Å². The van der Waals surface area contributed by atoms with Gasteiger partial charge in [-0.25, -0.2) is 8.42 Å². The summed E-state index contributed by atoms with van der Waals surface area (Å²) in [6.07, 6.45) is 1.54. The van der Waals surface area contributed by atoms with Gasteiger partial charge in [0, 0.05) is 0 Å². The fourth-order valence-electron chi connectivity index (χ4n) is 1.14. The SMILES string of the molecule is C=CCOC(=C)CS(=O)(=O)c1ccccc1. The van der Waals surface area contributed by atoms with Crippen LogP contribution >= 0.6 is 0 Å². The third-order valence-corrected chi connectivity index (χ3v) is 3.55. The predicted octanol–water partition coefficient (Wildman–Crippen LogP) is 2.18. The molecule has 0 amide bonds. The van der Waals surface area contributed by atoms with E-state index in [9.17, 15) is 8.42 Å². The van der Waals surface area contributed by atoms with Crippen molar-refractivity contribution in [1.82, 2.24) is 0 Å². The summed E-state index contributed by atoms with van der Waals surface area (Å²) in [7, 11) is -3.35. The maximum Gasteiger partial charge on any atom is 0.185 e. The lowest BCUT2D eigenvalue weighted by Crippen LogP contribution is -2.10.